The third kappa shape index (κ3) is 4.57. The number of aromatic nitrogens is 1. The first-order valence-corrected chi connectivity index (χ1v) is 12.5. The molecule has 7 heteroatoms. The molecular weight excluding hydrogens is 452 g/mol. The highest BCUT2D eigenvalue weighted by Gasteiger charge is 2.45. The molecule has 1 saturated heterocycles. The molecule has 2 amide bonds. The number of benzene rings is 2. The molecule has 1 aromatic heterocycles. The first-order chi connectivity index (χ1) is 17.2. The van der Waals surface area contributed by atoms with Crippen molar-refractivity contribution in [3.05, 3.63) is 78.1 Å². The van der Waals surface area contributed by atoms with Crippen LogP contribution in [0, 0.1) is 0 Å². The van der Waals surface area contributed by atoms with Crippen LogP contribution in [0.15, 0.2) is 67.0 Å². The summed E-state index contributed by atoms with van der Waals surface area (Å²) in [6.07, 6.45) is 5.71. The lowest BCUT2D eigenvalue weighted by Crippen LogP contribution is -2.50. The van der Waals surface area contributed by atoms with Crippen molar-refractivity contribution in [3.8, 4) is 11.4 Å². The van der Waals surface area contributed by atoms with E-state index in [-0.39, 0.29) is 17.9 Å². The molecule has 2 aromatic carbocycles. The Morgan fingerprint density at radius 3 is 2.47 bits per heavy atom. The number of amides is 2. The van der Waals surface area contributed by atoms with Gasteiger partial charge in [-0.05, 0) is 81.6 Å². The predicted molar refractivity (Wildman–Crippen MR) is 140 cm³/mol. The van der Waals surface area contributed by atoms with Crippen LogP contribution in [0.2, 0.25) is 0 Å². The summed E-state index contributed by atoms with van der Waals surface area (Å²) < 4.78 is 7.34. The first kappa shape index (κ1) is 24.0. The minimum Gasteiger partial charge on any atom is -0.497 e. The number of fused-ring (bicyclic) bond motifs is 3. The average Bonchev–Trinajstić information content (AvgIpc) is 3.54. The molecule has 3 aromatic rings. The fourth-order valence-corrected chi connectivity index (χ4v) is 5.31. The molecule has 0 spiro atoms. The highest BCUT2D eigenvalue weighted by atomic mass is 16.5. The number of ether oxygens (including phenoxy) is 1. The van der Waals surface area contributed by atoms with Crippen molar-refractivity contribution < 1.29 is 14.3 Å². The van der Waals surface area contributed by atoms with E-state index in [0.29, 0.717) is 6.54 Å². The van der Waals surface area contributed by atoms with E-state index in [1.807, 2.05) is 74.1 Å². The van der Waals surface area contributed by atoms with Crippen molar-refractivity contribution >= 4 is 17.5 Å². The maximum absolute atomic E-state index is 14.1. The second-order valence-electron chi connectivity index (χ2n) is 10.6. The molecular formula is C29H34N4O3. The lowest BCUT2D eigenvalue weighted by molar-refractivity contribution is -0.142. The second-order valence-corrected chi connectivity index (χ2v) is 10.6. The zero-order chi connectivity index (χ0) is 25.4. The van der Waals surface area contributed by atoms with Crippen molar-refractivity contribution in [1.82, 2.24) is 14.8 Å². The van der Waals surface area contributed by atoms with Crippen LogP contribution < -0.4 is 15.0 Å². The van der Waals surface area contributed by atoms with Gasteiger partial charge in [-0.15, -0.1) is 0 Å². The molecule has 0 unspecified atom stereocenters. The largest absolute Gasteiger partial charge is 0.497 e. The Bertz CT molecular complexity index is 1240. The number of nitrogens with zero attached hydrogens (tertiary/aromatic N) is 3. The molecule has 1 fully saturated rings. The van der Waals surface area contributed by atoms with E-state index < -0.39 is 11.6 Å². The van der Waals surface area contributed by atoms with Crippen LogP contribution >= 0.6 is 0 Å². The smallest absolute Gasteiger partial charge is 0.247 e. The molecule has 0 radical (unpaired) electrons. The monoisotopic (exact) mass is 486 g/mol. The Balaban J connectivity index is 1.65. The van der Waals surface area contributed by atoms with E-state index in [1.165, 1.54) is 0 Å². The summed E-state index contributed by atoms with van der Waals surface area (Å²) in [6, 6.07) is 16.8. The summed E-state index contributed by atoms with van der Waals surface area (Å²) >= 11 is 0. The van der Waals surface area contributed by atoms with Crippen molar-refractivity contribution in [2.24, 2.45) is 0 Å². The lowest BCUT2D eigenvalue weighted by Gasteiger charge is -2.33. The number of carbonyl (C=O) groups excluding carboxylic acids is 2. The Kier molecular flexibility index (Phi) is 6.24. The molecule has 2 aliphatic rings. The van der Waals surface area contributed by atoms with Crippen molar-refractivity contribution in [2.45, 2.75) is 57.8 Å². The fourth-order valence-electron chi connectivity index (χ4n) is 5.31. The Hall–Kier alpha value is -3.74. The van der Waals surface area contributed by atoms with Crippen molar-refractivity contribution in [2.75, 3.05) is 18.6 Å². The van der Waals surface area contributed by atoms with Gasteiger partial charge in [0, 0.05) is 48.0 Å². The topological polar surface area (TPSA) is 66.8 Å². The van der Waals surface area contributed by atoms with Crippen LogP contribution in [0.25, 0.3) is 5.69 Å². The molecule has 3 heterocycles. The van der Waals surface area contributed by atoms with Gasteiger partial charge >= 0.3 is 0 Å². The minimum absolute atomic E-state index is 0.00362. The van der Waals surface area contributed by atoms with E-state index in [4.69, 9.17) is 4.74 Å². The Morgan fingerprint density at radius 1 is 1.08 bits per heavy atom. The van der Waals surface area contributed by atoms with Gasteiger partial charge in [0.15, 0.2) is 0 Å². The van der Waals surface area contributed by atoms with Gasteiger partial charge in [-0.25, -0.2) is 0 Å². The number of rotatable bonds is 5. The number of methoxy groups -OCH3 is 1. The summed E-state index contributed by atoms with van der Waals surface area (Å²) in [5, 5.41) is 3.15. The maximum atomic E-state index is 14.1. The average molecular weight is 487 g/mol. The van der Waals surface area contributed by atoms with Crippen molar-refractivity contribution in [1.29, 1.82) is 0 Å². The third-order valence-electron chi connectivity index (χ3n) is 6.91. The SMILES string of the molecule is COc1ccc(CN2C(=O)[C@@H]3CCCN3c3ccc(-n4cccc4)cc3[C@H]2C(=O)NC(C)(C)C)cc1. The van der Waals surface area contributed by atoms with Crippen LogP contribution in [0.1, 0.15) is 50.8 Å². The van der Waals surface area contributed by atoms with Gasteiger partial charge in [0.25, 0.3) is 0 Å². The van der Waals surface area contributed by atoms with E-state index >= 15 is 0 Å². The maximum Gasteiger partial charge on any atom is 0.247 e. The van der Waals surface area contributed by atoms with E-state index in [0.717, 1.165) is 47.6 Å². The van der Waals surface area contributed by atoms with Crippen LogP contribution in [-0.2, 0) is 16.1 Å². The van der Waals surface area contributed by atoms with Crippen LogP contribution in [0.3, 0.4) is 0 Å². The molecule has 5 rings (SSSR count). The van der Waals surface area contributed by atoms with Gasteiger partial charge in [0.05, 0.1) is 7.11 Å². The molecule has 188 valence electrons. The minimum atomic E-state index is -0.755. The molecule has 36 heavy (non-hydrogen) atoms. The van der Waals surface area contributed by atoms with E-state index in [2.05, 4.69) is 28.4 Å². The normalized spacial score (nSPS) is 19.5. The number of anilines is 1. The number of carbonyl (C=O) groups is 2. The molecule has 2 atom stereocenters. The Labute approximate surface area is 212 Å². The number of hydrogen-bond donors (Lipinski definition) is 1. The van der Waals surface area contributed by atoms with Gasteiger partial charge in [-0.1, -0.05) is 12.1 Å². The van der Waals surface area contributed by atoms with Gasteiger partial charge < -0.3 is 24.4 Å². The summed E-state index contributed by atoms with van der Waals surface area (Å²) in [4.78, 5) is 32.0. The molecule has 0 aliphatic carbocycles. The molecule has 0 bridgehead atoms. The zero-order valence-electron chi connectivity index (χ0n) is 21.4. The fraction of sp³-hybridized carbons (Fsp3) is 0.379. The van der Waals surface area contributed by atoms with Gasteiger partial charge in [-0.3, -0.25) is 9.59 Å². The third-order valence-corrected chi connectivity index (χ3v) is 6.91. The summed E-state index contributed by atoms with van der Waals surface area (Å²) in [5.74, 6) is 0.583. The molecule has 0 saturated carbocycles. The summed E-state index contributed by atoms with van der Waals surface area (Å²) in [6.45, 7) is 7.03. The van der Waals surface area contributed by atoms with Crippen LogP contribution in [0.5, 0.6) is 5.75 Å². The second kappa shape index (κ2) is 9.37. The lowest BCUT2D eigenvalue weighted by atomic mass is 9.98. The van der Waals surface area contributed by atoms with Gasteiger partial charge in [0.2, 0.25) is 11.8 Å². The quantitative estimate of drug-likeness (QED) is 0.579. The summed E-state index contributed by atoms with van der Waals surface area (Å²) in [7, 11) is 1.63. The first-order valence-electron chi connectivity index (χ1n) is 12.5. The highest BCUT2D eigenvalue weighted by molar-refractivity contribution is 5.96. The number of nitrogens with one attached hydrogen (secondary N) is 1. The highest BCUT2D eigenvalue weighted by Crippen LogP contribution is 2.41. The standard InChI is InChI=1S/C29H34N4O3/c1-29(2,3)30-27(34)26-23-18-21(31-15-5-6-16-31)11-14-24(23)32-17-7-8-25(32)28(35)33(26)19-20-9-12-22(36-4)13-10-20/h5-6,9-16,18,25-26H,7-8,17,19H2,1-4H3,(H,30,34)/t25-,26-/m0/s1. The number of hydrogen-bond acceptors (Lipinski definition) is 4. The summed E-state index contributed by atoms with van der Waals surface area (Å²) in [5.41, 5.74) is 3.29. The van der Waals surface area contributed by atoms with E-state index in [1.54, 1.807) is 12.0 Å². The van der Waals surface area contributed by atoms with Gasteiger partial charge in [-0.2, -0.15) is 0 Å². The van der Waals surface area contributed by atoms with Crippen molar-refractivity contribution in [3.63, 3.8) is 0 Å². The molecule has 1 N–H and O–H groups in total. The molecule has 2 aliphatic heterocycles. The van der Waals surface area contributed by atoms with Crippen LogP contribution in [0.4, 0.5) is 5.69 Å². The van der Waals surface area contributed by atoms with E-state index in [9.17, 15) is 9.59 Å². The predicted octanol–water partition coefficient (Wildman–Crippen LogP) is 4.45. The Morgan fingerprint density at radius 2 is 1.81 bits per heavy atom. The van der Waals surface area contributed by atoms with Crippen LogP contribution in [-0.4, -0.2) is 46.5 Å². The van der Waals surface area contributed by atoms with Gasteiger partial charge in [0.1, 0.15) is 17.8 Å². The zero-order valence-corrected chi connectivity index (χ0v) is 21.4. The molecule has 7 nitrogen and oxygen atoms in total.